The molecule has 0 saturated carbocycles. The molecule has 0 atom stereocenters. The number of hydrogen-bond donors (Lipinski definition) is 1. The molecule has 7 heteroatoms. The fourth-order valence-corrected chi connectivity index (χ4v) is 4.10. The molecule has 0 saturated heterocycles. The third-order valence-corrected chi connectivity index (χ3v) is 5.54. The molecule has 2 aromatic heterocycles. The summed E-state index contributed by atoms with van der Waals surface area (Å²) < 4.78 is 12.0. The maximum atomic E-state index is 10.2. The minimum atomic E-state index is -0.276. The first-order chi connectivity index (χ1) is 14.7. The average molecular weight is 415 g/mol. The molecule has 2 heterocycles. The van der Waals surface area contributed by atoms with Crippen LogP contribution >= 0.6 is 11.3 Å². The van der Waals surface area contributed by atoms with E-state index >= 15 is 0 Å². The van der Waals surface area contributed by atoms with Crippen molar-refractivity contribution in [2.45, 2.75) is 6.92 Å². The molecule has 0 aliphatic carbocycles. The van der Waals surface area contributed by atoms with Gasteiger partial charge < -0.3 is 14.3 Å². The molecule has 5 rings (SSSR count). The molecule has 0 aliphatic heterocycles. The molecule has 0 aliphatic rings. The second kappa shape index (κ2) is 7.61. The van der Waals surface area contributed by atoms with Crippen LogP contribution in [0.5, 0.6) is 11.7 Å². The molecule has 1 N–H and O–H groups in total. The summed E-state index contributed by atoms with van der Waals surface area (Å²) >= 11 is 1.44. The van der Waals surface area contributed by atoms with Gasteiger partial charge in [0.2, 0.25) is 11.0 Å². The topological polar surface area (TPSA) is 80.7 Å². The number of benzene rings is 3. The lowest BCUT2D eigenvalue weighted by Gasteiger charge is -2.01. The summed E-state index contributed by atoms with van der Waals surface area (Å²) in [5.41, 5.74) is 1.91. The van der Waals surface area contributed by atoms with Gasteiger partial charge in [-0.15, -0.1) is 0 Å². The molecule has 0 amide bonds. The minimum absolute atomic E-state index is 0.257. The van der Waals surface area contributed by atoms with Crippen LogP contribution in [0.25, 0.3) is 32.4 Å². The van der Waals surface area contributed by atoms with Crippen molar-refractivity contribution in [3.05, 3.63) is 66.4 Å². The van der Waals surface area contributed by atoms with Crippen molar-refractivity contribution in [3.8, 4) is 23.1 Å². The number of hydrogen-bond acceptors (Lipinski definition) is 7. The Balaban J connectivity index is 1.46. The van der Waals surface area contributed by atoms with Crippen molar-refractivity contribution in [1.29, 1.82) is 0 Å². The third-order valence-electron chi connectivity index (χ3n) is 4.61. The summed E-state index contributed by atoms with van der Waals surface area (Å²) in [6.07, 6.45) is 1.47. The quantitative estimate of drug-likeness (QED) is 0.358. The predicted octanol–water partition coefficient (Wildman–Crippen LogP) is 5.96. The highest BCUT2D eigenvalue weighted by molar-refractivity contribution is 7.22. The molecule has 30 heavy (non-hydrogen) atoms. The van der Waals surface area contributed by atoms with E-state index in [2.05, 4.69) is 15.0 Å². The summed E-state index contributed by atoms with van der Waals surface area (Å²) in [7, 11) is 0. The lowest BCUT2D eigenvalue weighted by atomic mass is 10.0. The van der Waals surface area contributed by atoms with Gasteiger partial charge in [-0.3, -0.25) is 0 Å². The number of nitrogens with zero attached hydrogens (tertiary/aromatic N) is 3. The van der Waals surface area contributed by atoms with Crippen LogP contribution in [-0.4, -0.2) is 27.9 Å². The van der Waals surface area contributed by atoms with Crippen molar-refractivity contribution >= 4 is 43.7 Å². The first-order valence-corrected chi connectivity index (χ1v) is 10.3. The van der Waals surface area contributed by atoms with Crippen LogP contribution in [0.15, 0.2) is 70.1 Å². The van der Waals surface area contributed by atoms with Gasteiger partial charge >= 0.3 is 5.95 Å². The fraction of sp³-hybridized carbons (Fsp3) is 0.0870. The van der Waals surface area contributed by atoms with E-state index in [9.17, 15) is 5.11 Å². The lowest BCUT2D eigenvalue weighted by molar-refractivity contribution is 0.337. The Bertz CT molecular complexity index is 1380. The van der Waals surface area contributed by atoms with Crippen LogP contribution in [0.1, 0.15) is 12.6 Å². The summed E-state index contributed by atoms with van der Waals surface area (Å²) in [6.45, 7) is 2.56. The number of ether oxygens (including phenoxy) is 1. The zero-order valence-electron chi connectivity index (χ0n) is 16.1. The Kier molecular flexibility index (Phi) is 4.65. The summed E-state index contributed by atoms with van der Waals surface area (Å²) in [4.78, 5) is 13.3. The van der Waals surface area contributed by atoms with Gasteiger partial charge in [-0.2, -0.15) is 0 Å². The van der Waals surface area contributed by atoms with Crippen LogP contribution in [0.4, 0.5) is 5.13 Å². The number of oxazole rings is 1. The van der Waals surface area contributed by atoms with E-state index in [0.717, 1.165) is 32.3 Å². The van der Waals surface area contributed by atoms with Crippen molar-refractivity contribution in [3.63, 3.8) is 0 Å². The molecule has 0 bridgehead atoms. The van der Waals surface area contributed by atoms with Crippen molar-refractivity contribution in [2.24, 2.45) is 4.99 Å². The molecular formula is C23H17N3O3S. The molecule has 6 nitrogen and oxygen atoms in total. The Morgan fingerprint density at radius 1 is 1.10 bits per heavy atom. The van der Waals surface area contributed by atoms with E-state index in [1.165, 1.54) is 17.6 Å². The number of thiazole rings is 1. The molecular weight excluding hydrogens is 398 g/mol. The van der Waals surface area contributed by atoms with E-state index in [1.54, 1.807) is 0 Å². The average Bonchev–Trinajstić information content (AvgIpc) is 3.34. The molecule has 0 radical (unpaired) electrons. The van der Waals surface area contributed by atoms with Crippen molar-refractivity contribution in [1.82, 2.24) is 9.97 Å². The van der Waals surface area contributed by atoms with E-state index in [-0.39, 0.29) is 11.6 Å². The molecule has 148 valence electrons. The summed E-state index contributed by atoms with van der Waals surface area (Å²) in [6, 6.07) is 19.6. The Morgan fingerprint density at radius 2 is 1.97 bits per heavy atom. The predicted molar refractivity (Wildman–Crippen MR) is 119 cm³/mol. The van der Waals surface area contributed by atoms with E-state index in [1.807, 2.05) is 67.6 Å². The van der Waals surface area contributed by atoms with Gasteiger partial charge in [-0.1, -0.05) is 47.7 Å². The maximum absolute atomic E-state index is 10.2. The van der Waals surface area contributed by atoms with Gasteiger partial charge in [0.15, 0.2) is 5.69 Å². The van der Waals surface area contributed by atoms with Crippen LogP contribution in [-0.2, 0) is 0 Å². The SMILES string of the molecule is CCOc1ccc2nc(/N=C/c3nc(-c4cccc5ccccc45)oc3O)sc2c1. The highest BCUT2D eigenvalue weighted by Crippen LogP contribution is 2.33. The van der Waals surface area contributed by atoms with Crippen LogP contribution in [0.2, 0.25) is 0 Å². The smallest absolute Gasteiger partial charge is 0.312 e. The molecule has 0 unspecified atom stereocenters. The number of fused-ring (bicyclic) bond motifs is 2. The highest BCUT2D eigenvalue weighted by Gasteiger charge is 2.15. The monoisotopic (exact) mass is 415 g/mol. The van der Waals surface area contributed by atoms with E-state index < -0.39 is 0 Å². The van der Waals surface area contributed by atoms with Crippen LogP contribution in [0.3, 0.4) is 0 Å². The van der Waals surface area contributed by atoms with Gasteiger partial charge in [-0.05, 0) is 42.0 Å². The third kappa shape index (κ3) is 3.40. The van der Waals surface area contributed by atoms with Gasteiger partial charge in [0.25, 0.3) is 0 Å². The summed E-state index contributed by atoms with van der Waals surface area (Å²) in [5, 5.41) is 12.9. The highest BCUT2D eigenvalue weighted by atomic mass is 32.1. The largest absolute Gasteiger partial charge is 0.494 e. The molecule has 5 aromatic rings. The normalized spacial score (nSPS) is 11.6. The fourth-order valence-electron chi connectivity index (χ4n) is 3.26. The maximum Gasteiger partial charge on any atom is 0.312 e. The van der Waals surface area contributed by atoms with E-state index in [4.69, 9.17) is 9.15 Å². The number of rotatable bonds is 5. The van der Waals surface area contributed by atoms with Crippen molar-refractivity contribution in [2.75, 3.05) is 6.61 Å². The number of aromatic hydroxyl groups is 1. The first-order valence-electron chi connectivity index (χ1n) is 9.46. The lowest BCUT2D eigenvalue weighted by Crippen LogP contribution is -1.89. The minimum Gasteiger partial charge on any atom is -0.494 e. The Labute approximate surface area is 176 Å². The Morgan fingerprint density at radius 3 is 2.87 bits per heavy atom. The zero-order valence-corrected chi connectivity index (χ0v) is 16.9. The Hall–Kier alpha value is -3.71. The number of aliphatic imine (C=N–C) groups is 1. The molecule has 0 fully saturated rings. The van der Waals surface area contributed by atoms with Gasteiger partial charge in [0.1, 0.15) is 5.75 Å². The van der Waals surface area contributed by atoms with Crippen LogP contribution in [0, 0.1) is 0 Å². The zero-order chi connectivity index (χ0) is 20.5. The second-order valence-electron chi connectivity index (χ2n) is 6.55. The molecule has 3 aromatic carbocycles. The van der Waals surface area contributed by atoms with Gasteiger partial charge in [-0.25, -0.2) is 15.0 Å². The van der Waals surface area contributed by atoms with Crippen LogP contribution < -0.4 is 4.74 Å². The molecule has 0 spiro atoms. The second-order valence-corrected chi connectivity index (χ2v) is 7.56. The summed E-state index contributed by atoms with van der Waals surface area (Å²) in [5.74, 6) is 0.871. The van der Waals surface area contributed by atoms with Crippen molar-refractivity contribution < 1.29 is 14.3 Å². The standard InChI is InChI=1S/C23H17N3O3S/c1-2-28-15-10-11-18-20(12-15)30-23(26-18)24-13-19-22(27)29-21(25-19)17-9-5-7-14-6-3-4-8-16(14)17/h3-13,27H,2H2,1H3/b24-13+. The van der Waals surface area contributed by atoms with E-state index in [0.29, 0.717) is 17.6 Å². The number of aromatic nitrogens is 2. The van der Waals surface area contributed by atoms with Gasteiger partial charge in [0, 0.05) is 5.56 Å². The first kappa shape index (κ1) is 18.3. The van der Waals surface area contributed by atoms with Gasteiger partial charge in [0.05, 0.1) is 23.0 Å².